The van der Waals surface area contributed by atoms with E-state index in [1.165, 1.54) is 23.8 Å². The number of amides is 1. The van der Waals surface area contributed by atoms with Crippen LogP contribution in [0.5, 0.6) is 17.2 Å². The van der Waals surface area contributed by atoms with Crippen molar-refractivity contribution in [2.24, 2.45) is 0 Å². The summed E-state index contributed by atoms with van der Waals surface area (Å²) in [5.74, 6) is 0.123. The van der Waals surface area contributed by atoms with E-state index in [1.54, 1.807) is 36.4 Å². The molecule has 1 aliphatic heterocycles. The number of aryl methyl sites for hydroxylation is 1. The van der Waals surface area contributed by atoms with Gasteiger partial charge in [0.1, 0.15) is 23.3 Å². The molecule has 1 heterocycles. The summed E-state index contributed by atoms with van der Waals surface area (Å²) in [5.41, 5.74) is 6.75. The summed E-state index contributed by atoms with van der Waals surface area (Å²) in [5, 5.41) is 12.6. The van der Waals surface area contributed by atoms with Crippen LogP contribution in [-0.2, 0) is 9.53 Å². The third-order valence-corrected chi connectivity index (χ3v) is 7.16. The van der Waals surface area contributed by atoms with Gasteiger partial charge in [0.25, 0.3) is 5.91 Å². The van der Waals surface area contributed by atoms with Gasteiger partial charge in [-0.25, -0.2) is 0 Å². The maximum Gasteiger partial charge on any atom is 0.313 e. The molecule has 1 unspecified atom stereocenters. The van der Waals surface area contributed by atoms with E-state index in [1.807, 2.05) is 30.3 Å². The average Bonchev–Trinajstić information content (AvgIpc) is 2.98. The molecule has 1 atom stereocenters. The number of ether oxygens (including phenoxy) is 3. The lowest BCUT2D eigenvalue weighted by Crippen LogP contribution is -2.22. The second kappa shape index (κ2) is 11.3. The number of nitrogens with zero attached hydrogens (tertiary/aromatic N) is 1. The topological polar surface area (TPSA) is 97.7 Å². The van der Waals surface area contributed by atoms with Crippen LogP contribution in [-0.4, -0.2) is 25.6 Å². The Hall–Kier alpha value is -5.09. The van der Waals surface area contributed by atoms with Gasteiger partial charge >= 0.3 is 5.97 Å². The molecule has 1 N–H and O–H groups in total. The molecule has 4 aromatic rings. The fourth-order valence-electron chi connectivity index (χ4n) is 4.78. The molecular weight excluding hydrogens is 504 g/mol. The van der Waals surface area contributed by atoms with E-state index in [4.69, 9.17) is 14.2 Å². The number of fused-ring (bicyclic) bond motifs is 1. The van der Waals surface area contributed by atoms with Gasteiger partial charge < -0.3 is 19.5 Å². The first-order valence-corrected chi connectivity index (χ1v) is 12.9. The Morgan fingerprint density at radius 2 is 1.75 bits per heavy atom. The third-order valence-electron chi connectivity index (χ3n) is 7.16. The molecule has 1 amide bonds. The van der Waals surface area contributed by atoms with Crippen molar-refractivity contribution in [2.45, 2.75) is 26.2 Å². The number of nitriles is 1. The standard InChI is InChI=1S/C33H28N2O5/c1-20-5-4-6-27(21(20)2)22-7-11-25(12-8-22)35-32(36)23-9-13-26(14-10-23)40-30-18-31-29(17-24(30)19-34)28(15-16-39-31)33(37)38-3/h4-14,17-18,28H,15-16H2,1-3H3,(H,35,36). The number of nitrogens with one attached hydrogen (secondary N) is 1. The van der Waals surface area contributed by atoms with Crippen molar-refractivity contribution in [1.29, 1.82) is 5.26 Å². The minimum atomic E-state index is -0.490. The Morgan fingerprint density at radius 1 is 1.00 bits per heavy atom. The first-order valence-electron chi connectivity index (χ1n) is 12.9. The predicted octanol–water partition coefficient (Wildman–Crippen LogP) is 6.93. The molecule has 200 valence electrons. The van der Waals surface area contributed by atoms with Crippen LogP contribution in [0.15, 0.2) is 78.9 Å². The minimum Gasteiger partial charge on any atom is -0.493 e. The number of carbonyl (C=O) groups is 2. The lowest BCUT2D eigenvalue weighted by atomic mass is 9.91. The zero-order valence-electron chi connectivity index (χ0n) is 22.5. The molecule has 1 aliphatic rings. The van der Waals surface area contributed by atoms with Crippen LogP contribution in [0.1, 0.15) is 45.0 Å². The molecule has 0 saturated heterocycles. The number of anilines is 1. The lowest BCUT2D eigenvalue weighted by molar-refractivity contribution is -0.143. The summed E-state index contributed by atoms with van der Waals surface area (Å²) in [7, 11) is 1.34. The van der Waals surface area contributed by atoms with E-state index < -0.39 is 5.92 Å². The number of esters is 1. The van der Waals surface area contributed by atoms with Crippen molar-refractivity contribution in [2.75, 3.05) is 19.0 Å². The summed E-state index contributed by atoms with van der Waals surface area (Å²) in [4.78, 5) is 25.0. The molecule has 4 aromatic carbocycles. The van der Waals surface area contributed by atoms with Crippen molar-refractivity contribution < 1.29 is 23.8 Å². The van der Waals surface area contributed by atoms with Gasteiger partial charge in [-0.05, 0) is 85.0 Å². The van der Waals surface area contributed by atoms with Crippen molar-refractivity contribution in [3.05, 3.63) is 107 Å². The largest absolute Gasteiger partial charge is 0.493 e. The monoisotopic (exact) mass is 532 g/mol. The number of rotatable bonds is 6. The van der Waals surface area contributed by atoms with Gasteiger partial charge in [-0.3, -0.25) is 9.59 Å². The van der Waals surface area contributed by atoms with Crippen LogP contribution >= 0.6 is 0 Å². The molecule has 0 spiro atoms. The Kier molecular flexibility index (Phi) is 7.52. The third kappa shape index (κ3) is 5.38. The highest BCUT2D eigenvalue weighted by molar-refractivity contribution is 6.04. The van der Waals surface area contributed by atoms with E-state index in [9.17, 15) is 14.9 Å². The van der Waals surface area contributed by atoms with Crippen molar-refractivity contribution in [3.63, 3.8) is 0 Å². The van der Waals surface area contributed by atoms with Gasteiger partial charge in [-0.1, -0.05) is 30.3 Å². The summed E-state index contributed by atoms with van der Waals surface area (Å²) in [6.07, 6.45) is 0.477. The van der Waals surface area contributed by atoms with E-state index >= 15 is 0 Å². The zero-order chi connectivity index (χ0) is 28.2. The molecule has 0 aromatic heterocycles. The fraction of sp³-hybridized carbons (Fsp3) is 0.182. The second-order valence-corrected chi connectivity index (χ2v) is 9.62. The molecule has 5 rings (SSSR count). The van der Waals surface area contributed by atoms with Gasteiger partial charge in [0.05, 0.1) is 25.2 Å². The Morgan fingerprint density at radius 3 is 2.45 bits per heavy atom. The Bertz CT molecular complexity index is 1620. The maximum atomic E-state index is 12.9. The number of hydrogen-bond donors (Lipinski definition) is 1. The molecule has 0 saturated carbocycles. The van der Waals surface area contributed by atoms with Crippen LogP contribution in [0.4, 0.5) is 5.69 Å². The molecule has 0 radical (unpaired) electrons. The van der Waals surface area contributed by atoms with Gasteiger partial charge in [-0.2, -0.15) is 5.26 Å². The van der Waals surface area contributed by atoms with Crippen molar-refractivity contribution in [1.82, 2.24) is 0 Å². The fourth-order valence-corrected chi connectivity index (χ4v) is 4.78. The van der Waals surface area contributed by atoms with E-state index in [0.717, 1.165) is 5.56 Å². The van der Waals surface area contributed by atoms with Crippen molar-refractivity contribution in [3.8, 4) is 34.4 Å². The molecule has 40 heavy (non-hydrogen) atoms. The predicted molar refractivity (Wildman–Crippen MR) is 152 cm³/mol. The first kappa shape index (κ1) is 26.5. The van der Waals surface area contributed by atoms with Crippen LogP contribution < -0.4 is 14.8 Å². The summed E-state index contributed by atoms with van der Waals surface area (Å²) in [6, 6.07) is 26.0. The molecule has 0 aliphatic carbocycles. The average molecular weight is 533 g/mol. The van der Waals surface area contributed by atoms with E-state index in [-0.39, 0.29) is 17.4 Å². The summed E-state index contributed by atoms with van der Waals surface area (Å²) in [6.45, 7) is 4.56. The number of carbonyl (C=O) groups excluding carboxylic acids is 2. The highest BCUT2D eigenvalue weighted by Crippen LogP contribution is 2.40. The Labute approximate surface area is 232 Å². The quantitative estimate of drug-likeness (QED) is 0.271. The number of benzene rings is 4. The van der Waals surface area contributed by atoms with E-state index in [2.05, 4.69) is 37.4 Å². The highest BCUT2D eigenvalue weighted by atomic mass is 16.5. The molecule has 0 bridgehead atoms. The molecular formula is C33H28N2O5. The molecule has 7 heteroatoms. The van der Waals surface area contributed by atoms with Crippen LogP contribution in [0, 0.1) is 25.2 Å². The summed E-state index contributed by atoms with van der Waals surface area (Å²) >= 11 is 0. The lowest BCUT2D eigenvalue weighted by Gasteiger charge is -2.25. The normalized spacial score (nSPS) is 13.8. The maximum absolute atomic E-state index is 12.9. The van der Waals surface area contributed by atoms with Gasteiger partial charge in [0.2, 0.25) is 0 Å². The second-order valence-electron chi connectivity index (χ2n) is 9.62. The highest BCUT2D eigenvalue weighted by Gasteiger charge is 2.30. The SMILES string of the molecule is COC(=O)C1CCOc2cc(Oc3ccc(C(=O)Nc4ccc(-c5cccc(C)c5C)cc4)cc3)c(C#N)cc21. The summed E-state index contributed by atoms with van der Waals surface area (Å²) < 4.78 is 16.6. The van der Waals surface area contributed by atoms with E-state index in [0.29, 0.717) is 47.1 Å². The van der Waals surface area contributed by atoms with Gasteiger partial charge in [-0.15, -0.1) is 0 Å². The molecule has 7 nitrogen and oxygen atoms in total. The number of hydrogen-bond acceptors (Lipinski definition) is 6. The zero-order valence-corrected chi connectivity index (χ0v) is 22.5. The van der Waals surface area contributed by atoms with Crippen molar-refractivity contribution >= 4 is 17.6 Å². The minimum absolute atomic E-state index is 0.250. The van der Waals surface area contributed by atoms with Crippen LogP contribution in [0.25, 0.3) is 11.1 Å². The van der Waals surface area contributed by atoms with Crippen LogP contribution in [0.2, 0.25) is 0 Å². The number of methoxy groups -OCH3 is 1. The van der Waals surface area contributed by atoms with Gasteiger partial charge in [0.15, 0.2) is 0 Å². The van der Waals surface area contributed by atoms with Crippen LogP contribution in [0.3, 0.4) is 0 Å². The first-order chi connectivity index (χ1) is 19.4. The smallest absolute Gasteiger partial charge is 0.313 e. The molecule has 0 fully saturated rings. The Balaban J connectivity index is 1.28. The van der Waals surface area contributed by atoms with Gasteiger partial charge in [0, 0.05) is 22.9 Å².